The highest BCUT2D eigenvalue weighted by Crippen LogP contribution is 2.14. The molecule has 0 aliphatic rings. The molecule has 2 aromatic rings. The first-order chi connectivity index (χ1) is 8.79. The second-order valence-corrected chi connectivity index (χ2v) is 4.80. The van der Waals surface area contributed by atoms with E-state index in [9.17, 15) is 0 Å². The van der Waals surface area contributed by atoms with Crippen LogP contribution in [0.15, 0.2) is 36.7 Å². The second kappa shape index (κ2) is 6.73. The van der Waals surface area contributed by atoms with E-state index in [0.717, 1.165) is 19.5 Å². The van der Waals surface area contributed by atoms with E-state index in [-0.39, 0.29) is 0 Å². The molecule has 3 nitrogen and oxygen atoms in total. The summed E-state index contributed by atoms with van der Waals surface area (Å²) in [5.74, 6) is 0. The summed E-state index contributed by atoms with van der Waals surface area (Å²) >= 11 is 4.03. The molecule has 0 saturated heterocycles. The van der Waals surface area contributed by atoms with Crippen LogP contribution < -0.4 is 10.0 Å². The van der Waals surface area contributed by atoms with Crippen molar-refractivity contribution in [1.82, 2.24) is 15.0 Å². The van der Waals surface area contributed by atoms with E-state index in [1.54, 1.807) is 0 Å². The first kappa shape index (κ1) is 13.3. The van der Waals surface area contributed by atoms with Crippen molar-refractivity contribution >= 4 is 23.6 Å². The smallest absolute Gasteiger partial charge is 0.0346 e. The van der Waals surface area contributed by atoms with Gasteiger partial charge in [-0.05, 0) is 36.9 Å². The molecule has 2 rings (SSSR count). The fraction of sp³-hybridized carbons (Fsp3) is 0.357. The molecule has 2 N–H and O–H groups in total. The predicted octanol–water partition coefficient (Wildman–Crippen LogP) is 2.19. The number of benzene rings is 1. The molecule has 0 aliphatic carbocycles. The minimum atomic E-state index is 0.385. The zero-order valence-corrected chi connectivity index (χ0v) is 11.5. The number of nitrogens with one attached hydrogen (secondary N) is 2. The van der Waals surface area contributed by atoms with Crippen LogP contribution in [0.1, 0.15) is 12.5 Å². The Hall–Kier alpha value is -1.10. The summed E-state index contributed by atoms with van der Waals surface area (Å²) in [4.78, 5) is 4.12. The van der Waals surface area contributed by atoms with Crippen LogP contribution in [-0.4, -0.2) is 24.1 Å². The average molecular weight is 261 g/mol. The Morgan fingerprint density at radius 3 is 3.00 bits per heavy atom. The fourth-order valence-corrected chi connectivity index (χ4v) is 1.98. The third-order valence-corrected chi connectivity index (χ3v) is 3.41. The number of hydrogen-bond donors (Lipinski definition) is 3. The lowest BCUT2D eigenvalue weighted by Crippen LogP contribution is -2.32. The first-order valence-corrected chi connectivity index (χ1v) is 6.67. The Balaban J connectivity index is 1.88. The molecule has 0 amide bonds. The molecule has 4 heteroatoms. The van der Waals surface area contributed by atoms with Crippen molar-refractivity contribution in [2.75, 3.05) is 13.1 Å². The topological polar surface area (TPSA) is 37.0 Å². The summed E-state index contributed by atoms with van der Waals surface area (Å²) in [6.07, 6.45) is 4.78. The van der Waals surface area contributed by atoms with E-state index in [4.69, 9.17) is 0 Å². The minimum Gasteiger partial charge on any atom is -0.315 e. The van der Waals surface area contributed by atoms with E-state index in [0.29, 0.717) is 6.04 Å². The fourth-order valence-electron chi connectivity index (χ4n) is 1.89. The zero-order chi connectivity index (χ0) is 12.8. The summed E-state index contributed by atoms with van der Waals surface area (Å²) in [6.45, 7) is 4.01. The van der Waals surface area contributed by atoms with Crippen molar-refractivity contribution in [3.63, 3.8) is 0 Å². The van der Waals surface area contributed by atoms with Gasteiger partial charge in [-0.1, -0.05) is 31.0 Å². The Labute approximate surface area is 114 Å². The third-order valence-electron chi connectivity index (χ3n) is 2.97. The van der Waals surface area contributed by atoms with Crippen LogP contribution >= 0.6 is 12.8 Å². The maximum atomic E-state index is 4.12. The molecule has 0 bridgehead atoms. The maximum absolute atomic E-state index is 4.12. The van der Waals surface area contributed by atoms with Crippen LogP contribution in [0, 0.1) is 0 Å². The highest BCUT2D eigenvalue weighted by atomic mass is 32.1. The van der Waals surface area contributed by atoms with E-state index in [1.807, 2.05) is 12.4 Å². The number of rotatable bonds is 6. The van der Waals surface area contributed by atoms with Gasteiger partial charge >= 0.3 is 0 Å². The number of hydrogen-bond acceptors (Lipinski definition) is 4. The molecule has 0 aliphatic heterocycles. The van der Waals surface area contributed by atoms with Crippen LogP contribution in [0.3, 0.4) is 0 Å². The standard InChI is InChI=1S/C14H19N3S/c1-11(17-18)9-15-6-4-12-2-3-14-10-16-7-5-13(14)8-12/h2-3,5,7-8,10-11,15,17-18H,4,6,9H2,1H3/t11-/m1/s1. The lowest BCUT2D eigenvalue weighted by Gasteiger charge is -2.10. The van der Waals surface area contributed by atoms with Gasteiger partial charge in [-0.3, -0.25) is 9.71 Å². The van der Waals surface area contributed by atoms with Gasteiger partial charge in [0.05, 0.1) is 0 Å². The number of aromatic nitrogens is 1. The maximum Gasteiger partial charge on any atom is 0.0346 e. The summed E-state index contributed by atoms with van der Waals surface area (Å²) in [7, 11) is 0. The lowest BCUT2D eigenvalue weighted by molar-refractivity contribution is 0.588. The SMILES string of the molecule is C[C@H](CNCCc1ccc2cnccc2c1)NS. The zero-order valence-electron chi connectivity index (χ0n) is 10.6. The van der Waals surface area contributed by atoms with Crippen LogP contribution in [0.5, 0.6) is 0 Å². The summed E-state index contributed by atoms with van der Waals surface area (Å²) in [6, 6.07) is 8.98. The Kier molecular flexibility index (Phi) is 4.99. The Morgan fingerprint density at radius 2 is 2.17 bits per heavy atom. The van der Waals surface area contributed by atoms with Gasteiger partial charge in [0, 0.05) is 30.4 Å². The van der Waals surface area contributed by atoms with Gasteiger partial charge in [-0.2, -0.15) is 0 Å². The van der Waals surface area contributed by atoms with Gasteiger partial charge in [-0.25, -0.2) is 0 Å². The number of thiol groups is 1. The molecule has 0 unspecified atom stereocenters. The predicted molar refractivity (Wildman–Crippen MR) is 79.9 cm³/mol. The third kappa shape index (κ3) is 3.70. The largest absolute Gasteiger partial charge is 0.315 e. The molecule has 18 heavy (non-hydrogen) atoms. The molecule has 0 fully saturated rings. The molecule has 1 aromatic heterocycles. The average Bonchev–Trinajstić information content (AvgIpc) is 2.43. The highest BCUT2D eigenvalue weighted by molar-refractivity contribution is 7.78. The molecular formula is C14H19N3S. The number of nitrogens with zero attached hydrogens (tertiary/aromatic N) is 1. The summed E-state index contributed by atoms with van der Waals surface area (Å²) < 4.78 is 2.91. The molecule has 1 heterocycles. The van der Waals surface area contributed by atoms with Crippen LogP contribution in [-0.2, 0) is 6.42 Å². The molecule has 96 valence electrons. The Morgan fingerprint density at radius 1 is 1.28 bits per heavy atom. The molecule has 0 saturated carbocycles. The summed E-state index contributed by atoms with van der Waals surface area (Å²) in [5.41, 5.74) is 1.35. The van der Waals surface area contributed by atoms with Crippen molar-refractivity contribution in [3.05, 3.63) is 42.2 Å². The first-order valence-electron chi connectivity index (χ1n) is 6.22. The normalized spacial score (nSPS) is 12.8. The van der Waals surface area contributed by atoms with Gasteiger partial charge in [0.1, 0.15) is 0 Å². The van der Waals surface area contributed by atoms with Crippen LogP contribution in [0.25, 0.3) is 10.8 Å². The van der Waals surface area contributed by atoms with Gasteiger partial charge in [0.2, 0.25) is 0 Å². The quantitative estimate of drug-likeness (QED) is 0.551. The van der Waals surface area contributed by atoms with E-state index in [1.165, 1.54) is 16.3 Å². The van der Waals surface area contributed by atoms with Gasteiger partial charge in [-0.15, -0.1) is 0 Å². The number of pyridine rings is 1. The monoisotopic (exact) mass is 261 g/mol. The van der Waals surface area contributed by atoms with Gasteiger partial charge in [0.25, 0.3) is 0 Å². The lowest BCUT2D eigenvalue weighted by atomic mass is 10.1. The molecular weight excluding hydrogens is 242 g/mol. The number of fused-ring (bicyclic) bond motifs is 1. The molecule has 0 spiro atoms. The van der Waals surface area contributed by atoms with Crippen molar-refractivity contribution in [1.29, 1.82) is 0 Å². The minimum absolute atomic E-state index is 0.385. The van der Waals surface area contributed by atoms with Crippen molar-refractivity contribution < 1.29 is 0 Å². The molecule has 0 radical (unpaired) electrons. The summed E-state index contributed by atoms with van der Waals surface area (Å²) in [5, 5.41) is 5.86. The van der Waals surface area contributed by atoms with Gasteiger partial charge < -0.3 is 5.32 Å². The van der Waals surface area contributed by atoms with Gasteiger partial charge in [0.15, 0.2) is 0 Å². The van der Waals surface area contributed by atoms with Crippen LogP contribution in [0.4, 0.5) is 0 Å². The molecule has 1 atom stereocenters. The van der Waals surface area contributed by atoms with Crippen molar-refractivity contribution in [2.24, 2.45) is 0 Å². The van der Waals surface area contributed by atoms with E-state index in [2.05, 4.69) is 59.0 Å². The van der Waals surface area contributed by atoms with E-state index < -0.39 is 0 Å². The van der Waals surface area contributed by atoms with Crippen molar-refractivity contribution in [3.8, 4) is 0 Å². The highest BCUT2D eigenvalue weighted by Gasteiger charge is 1.99. The van der Waals surface area contributed by atoms with Crippen molar-refractivity contribution in [2.45, 2.75) is 19.4 Å². The van der Waals surface area contributed by atoms with E-state index >= 15 is 0 Å². The van der Waals surface area contributed by atoms with Crippen LogP contribution in [0.2, 0.25) is 0 Å². The molecule has 1 aromatic carbocycles. The second-order valence-electron chi connectivity index (χ2n) is 4.54. The Bertz CT molecular complexity index is 501.